The Labute approximate surface area is 174 Å². The van der Waals surface area contributed by atoms with Crippen molar-refractivity contribution in [3.63, 3.8) is 0 Å². The number of hydrogen-bond acceptors (Lipinski definition) is 6. The van der Waals surface area contributed by atoms with Crippen molar-refractivity contribution < 1.29 is 22.7 Å². The largest absolute Gasteiger partial charge is 0.347 e. The number of likely N-dealkylation sites (tertiary alicyclic amines) is 1. The summed E-state index contributed by atoms with van der Waals surface area (Å²) in [4.78, 5) is 15.6. The Bertz CT molecular complexity index is 958. The van der Waals surface area contributed by atoms with Crippen molar-refractivity contribution in [3.8, 4) is 0 Å². The molecule has 156 valence electrons. The average molecular weight is 437 g/mol. The highest BCUT2D eigenvalue weighted by atomic mass is 32.2. The van der Waals surface area contributed by atoms with Gasteiger partial charge >= 0.3 is 0 Å². The van der Waals surface area contributed by atoms with Crippen molar-refractivity contribution in [1.29, 1.82) is 0 Å². The maximum atomic E-state index is 13.2. The van der Waals surface area contributed by atoms with Gasteiger partial charge in [-0.05, 0) is 30.5 Å². The first kappa shape index (κ1) is 20.3. The Kier molecular flexibility index (Phi) is 5.65. The van der Waals surface area contributed by atoms with Gasteiger partial charge in [-0.25, -0.2) is 8.42 Å². The Hall–Kier alpha value is -1.94. The van der Waals surface area contributed by atoms with E-state index in [1.165, 1.54) is 15.6 Å². The number of rotatable bonds is 5. The number of carbonyl (C=O) groups excluding carboxylic acids is 1. The van der Waals surface area contributed by atoms with Crippen LogP contribution in [0.3, 0.4) is 0 Å². The molecule has 7 nitrogen and oxygen atoms in total. The number of nitrogens with zero attached hydrogens (tertiary/aromatic N) is 2. The molecule has 0 unspecified atom stereocenters. The molecule has 1 amide bonds. The first-order valence-electron chi connectivity index (χ1n) is 9.69. The predicted octanol–water partition coefficient (Wildman–Crippen LogP) is 2.94. The predicted molar refractivity (Wildman–Crippen MR) is 111 cm³/mol. The summed E-state index contributed by atoms with van der Waals surface area (Å²) in [6.45, 7) is 4.23. The van der Waals surface area contributed by atoms with Gasteiger partial charge in [-0.15, -0.1) is 11.3 Å². The van der Waals surface area contributed by atoms with Crippen molar-refractivity contribution >= 4 is 33.0 Å². The molecular weight excluding hydrogens is 412 g/mol. The minimum absolute atomic E-state index is 0.149. The molecule has 2 saturated heterocycles. The summed E-state index contributed by atoms with van der Waals surface area (Å²) >= 11 is 1.27. The van der Waals surface area contributed by atoms with E-state index in [9.17, 15) is 13.2 Å². The summed E-state index contributed by atoms with van der Waals surface area (Å²) < 4.78 is 39.1. The van der Waals surface area contributed by atoms with Crippen LogP contribution in [-0.4, -0.2) is 57.9 Å². The number of carbonyl (C=O) groups is 1. The van der Waals surface area contributed by atoms with E-state index in [2.05, 4.69) is 0 Å². The molecule has 0 N–H and O–H groups in total. The first-order valence-corrected chi connectivity index (χ1v) is 12.0. The lowest BCUT2D eigenvalue weighted by Crippen LogP contribution is -2.47. The molecule has 2 aliphatic rings. The summed E-state index contributed by atoms with van der Waals surface area (Å²) in [6.07, 6.45) is 1.25. The normalized spacial score (nSPS) is 18.9. The number of thiophene rings is 1. The van der Waals surface area contributed by atoms with E-state index < -0.39 is 15.8 Å². The Morgan fingerprint density at radius 2 is 1.79 bits per heavy atom. The third-order valence-corrected chi connectivity index (χ3v) is 8.15. The number of anilines is 1. The molecule has 0 saturated carbocycles. The minimum Gasteiger partial charge on any atom is -0.347 e. The van der Waals surface area contributed by atoms with Crippen LogP contribution in [0.15, 0.2) is 46.7 Å². The molecule has 2 aromatic rings. The molecule has 0 atom stereocenters. The van der Waals surface area contributed by atoms with Crippen LogP contribution in [0.4, 0.5) is 5.69 Å². The third kappa shape index (κ3) is 3.79. The van der Waals surface area contributed by atoms with Gasteiger partial charge in [-0.2, -0.15) is 0 Å². The van der Waals surface area contributed by atoms with Gasteiger partial charge in [-0.3, -0.25) is 9.10 Å². The van der Waals surface area contributed by atoms with Crippen LogP contribution in [0, 0.1) is 0 Å². The molecule has 0 bridgehead atoms. The number of sulfonamides is 1. The fourth-order valence-corrected chi connectivity index (χ4v) is 6.25. The molecule has 0 aliphatic carbocycles. The van der Waals surface area contributed by atoms with E-state index in [0.29, 0.717) is 49.7 Å². The molecule has 1 aromatic carbocycles. The summed E-state index contributed by atoms with van der Waals surface area (Å²) in [6, 6.07) is 10.00. The topological polar surface area (TPSA) is 76.2 Å². The summed E-state index contributed by atoms with van der Waals surface area (Å²) in [5.74, 6) is -0.703. The number of piperidine rings is 1. The Morgan fingerprint density at radius 3 is 2.41 bits per heavy atom. The van der Waals surface area contributed by atoms with Gasteiger partial charge in [0.2, 0.25) is 0 Å². The second kappa shape index (κ2) is 8.06. The summed E-state index contributed by atoms with van der Waals surface area (Å²) in [5.41, 5.74) is 0.431. The van der Waals surface area contributed by atoms with Crippen molar-refractivity contribution in [1.82, 2.24) is 4.90 Å². The van der Waals surface area contributed by atoms with Gasteiger partial charge in [0.15, 0.2) is 5.79 Å². The van der Waals surface area contributed by atoms with Crippen LogP contribution in [0.1, 0.15) is 29.4 Å². The lowest BCUT2D eigenvalue weighted by Gasteiger charge is -2.37. The maximum Gasteiger partial charge on any atom is 0.266 e. The number of benzene rings is 1. The molecule has 1 aromatic heterocycles. The smallest absolute Gasteiger partial charge is 0.266 e. The maximum absolute atomic E-state index is 13.2. The highest BCUT2D eigenvalue weighted by molar-refractivity contribution is 7.92. The summed E-state index contributed by atoms with van der Waals surface area (Å²) in [5, 5.41) is 1.76. The van der Waals surface area contributed by atoms with Crippen LogP contribution in [0.25, 0.3) is 0 Å². The van der Waals surface area contributed by atoms with Crippen LogP contribution < -0.4 is 4.31 Å². The highest BCUT2D eigenvalue weighted by Gasteiger charge is 2.41. The zero-order valence-electron chi connectivity index (χ0n) is 16.2. The second-order valence-electron chi connectivity index (χ2n) is 7.02. The van der Waals surface area contributed by atoms with Gasteiger partial charge in [0.05, 0.1) is 23.8 Å². The van der Waals surface area contributed by atoms with Crippen molar-refractivity contribution in [2.75, 3.05) is 37.2 Å². The quantitative estimate of drug-likeness (QED) is 0.720. The number of hydrogen-bond donors (Lipinski definition) is 0. The molecule has 1 spiro atoms. The fraction of sp³-hybridized carbons (Fsp3) is 0.450. The molecule has 3 heterocycles. The van der Waals surface area contributed by atoms with Crippen molar-refractivity contribution in [2.24, 2.45) is 0 Å². The number of ether oxygens (including phenoxy) is 2. The van der Waals surface area contributed by atoms with Crippen LogP contribution in [-0.2, 0) is 19.5 Å². The van der Waals surface area contributed by atoms with Gasteiger partial charge in [0.1, 0.15) is 4.88 Å². The van der Waals surface area contributed by atoms with Crippen molar-refractivity contribution in [2.45, 2.75) is 30.4 Å². The monoisotopic (exact) mass is 436 g/mol. The SMILES string of the molecule is CCN(c1ccsc1C(=O)N1CCC2(CC1)OCCO2)S(=O)(=O)c1ccccc1. The van der Waals surface area contributed by atoms with E-state index in [4.69, 9.17) is 9.47 Å². The first-order chi connectivity index (χ1) is 14.0. The van der Waals surface area contributed by atoms with Gasteiger partial charge < -0.3 is 14.4 Å². The zero-order chi connectivity index (χ0) is 20.5. The molecule has 2 aliphatic heterocycles. The van der Waals surface area contributed by atoms with Crippen molar-refractivity contribution in [3.05, 3.63) is 46.7 Å². The fourth-order valence-electron chi connectivity index (χ4n) is 3.83. The zero-order valence-corrected chi connectivity index (χ0v) is 17.9. The van der Waals surface area contributed by atoms with E-state index in [1.54, 1.807) is 53.6 Å². The Balaban J connectivity index is 1.57. The molecule has 0 radical (unpaired) electrons. The Morgan fingerprint density at radius 1 is 1.14 bits per heavy atom. The molecule has 2 fully saturated rings. The van der Waals surface area contributed by atoms with E-state index in [0.717, 1.165) is 0 Å². The van der Waals surface area contributed by atoms with E-state index in [-0.39, 0.29) is 17.3 Å². The lowest BCUT2D eigenvalue weighted by atomic mass is 10.0. The van der Waals surface area contributed by atoms with E-state index in [1.807, 2.05) is 0 Å². The van der Waals surface area contributed by atoms with Gasteiger partial charge in [0, 0.05) is 32.5 Å². The van der Waals surface area contributed by atoms with Gasteiger partial charge in [0.25, 0.3) is 15.9 Å². The highest BCUT2D eigenvalue weighted by Crippen LogP contribution is 2.35. The second-order valence-corrected chi connectivity index (χ2v) is 9.80. The third-order valence-electron chi connectivity index (χ3n) is 5.35. The van der Waals surface area contributed by atoms with Crippen LogP contribution >= 0.6 is 11.3 Å². The van der Waals surface area contributed by atoms with Crippen LogP contribution in [0.5, 0.6) is 0 Å². The van der Waals surface area contributed by atoms with Crippen LogP contribution in [0.2, 0.25) is 0 Å². The number of amides is 1. The molecule has 4 rings (SSSR count). The van der Waals surface area contributed by atoms with E-state index >= 15 is 0 Å². The molecule has 29 heavy (non-hydrogen) atoms. The standard InChI is InChI=1S/C20H24N2O5S2/c1-2-22(29(24,25)16-6-4-3-5-7-16)17-8-15-28-18(17)19(23)21-11-9-20(10-12-21)26-13-14-27-20/h3-8,15H,2,9-14H2,1H3. The molecule has 9 heteroatoms. The lowest BCUT2D eigenvalue weighted by molar-refractivity contribution is -0.181. The molecular formula is C20H24N2O5S2. The average Bonchev–Trinajstić information content (AvgIpc) is 3.39. The summed E-state index contributed by atoms with van der Waals surface area (Å²) in [7, 11) is -3.75. The minimum atomic E-state index is -3.75. The van der Waals surface area contributed by atoms with Gasteiger partial charge in [-0.1, -0.05) is 18.2 Å².